The van der Waals surface area contributed by atoms with E-state index in [-0.39, 0.29) is 11.6 Å². The number of nitrogens with zero attached hydrogens (tertiary/aromatic N) is 6. The van der Waals surface area contributed by atoms with Gasteiger partial charge in [-0.15, -0.1) is 0 Å². The van der Waals surface area contributed by atoms with Gasteiger partial charge in [0, 0.05) is 32.5 Å². The molecule has 0 N–H and O–H groups in total. The summed E-state index contributed by atoms with van der Waals surface area (Å²) in [6, 6.07) is 10.4. The number of hydrogen-bond acceptors (Lipinski definition) is 4. The fourth-order valence-electron chi connectivity index (χ4n) is 3.39. The Labute approximate surface area is 139 Å². The summed E-state index contributed by atoms with van der Waals surface area (Å²) in [7, 11) is 1.70. The van der Waals surface area contributed by atoms with Gasteiger partial charge in [-0.25, -0.2) is 19.1 Å². The zero-order valence-corrected chi connectivity index (χ0v) is 13.7. The SMILES string of the molecule is Cn1nc2n(c1=O)C[C@H](c1ncnn1CCc1ccccc1)CC2. The van der Waals surface area contributed by atoms with Crippen molar-refractivity contribution in [2.24, 2.45) is 7.05 Å². The van der Waals surface area contributed by atoms with Gasteiger partial charge in [0.1, 0.15) is 18.0 Å². The molecule has 7 nitrogen and oxygen atoms in total. The topological polar surface area (TPSA) is 70.5 Å². The van der Waals surface area contributed by atoms with Crippen LogP contribution in [0.25, 0.3) is 0 Å². The molecule has 3 heterocycles. The van der Waals surface area contributed by atoms with Crippen LogP contribution in [0.15, 0.2) is 41.5 Å². The Morgan fingerprint density at radius 3 is 2.92 bits per heavy atom. The molecule has 0 bridgehead atoms. The molecule has 0 radical (unpaired) electrons. The van der Waals surface area contributed by atoms with Crippen molar-refractivity contribution in [3.8, 4) is 0 Å². The van der Waals surface area contributed by atoms with E-state index in [2.05, 4.69) is 39.4 Å². The normalized spacial score (nSPS) is 17.0. The van der Waals surface area contributed by atoms with E-state index >= 15 is 0 Å². The van der Waals surface area contributed by atoms with Crippen molar-refractivity contribution in [1.82, 2.24) is 29.1 Å². The summed E-state index contributed by atoms with van der Waals surface area (Å²) in [5, 5.41) is 8.68. The highest BCUT2D eigenvalue weighted by atomic mass is 16.2. The highest BCUT2D eigenvalue weighted by Gasteiger charge is 2.27. The fourth-order valence-corrected chi connectivity index (χ4v) is 3.39. The first-order chi connectivity index (χ1) is 11.7. The molecule has 0 fully saturated rings. The lowest BCUT2D eigenvalue weighted by Gasteiger charge is -2.22. The number of hydrogen-bond donors (Lipinski definition) is 0. The lowest BCUT2D eigenvalue weighted by molar-refractivity contribution is 0.410. The molecule has 0 saturated carbocycles. The average molecular weight is 324 g/mol. The lowest BCUT2D eigenvalue weighted by atomic mass is 9.98. The van der Waals surface area contributed by atoms with Gasteiger partial charge in [0.15, 0.2) is 0 Å². The molecule has 4 rings (SSSR count). The Hall–Kier alpha value is -2.70. The maximum Gasteiger partial charge on any atom is 0.345 e. The van der Waals surface area contributed by atoms with E-state index in [9.17, 15) is 4.79 Å². The second kappa shape index (κ2) is 6.07. The van der Waals surface area contributed by atoms with Gasteiger partial charge in [-0.1, -0.05) is 30.3 Å². The molecule has 0 saturated heterocycles. The van der Waals surface area contributed by atoms with Gasteiger partial charge < -0.3 is 0 Å². The molecular formula is C17H20N6O. The quantitative estimate of drug-likeness (QED) is 0.722. The minimum Gasteiger partial charge on any atom is -0.278 e. The molecule has 1 aromatic carbocycles. The van der Waals surface area contributed by atoms with Gasteiger partial charge in [0.25, 0.3) is 0 Å². The number of aromatic nitrogens is 6. The predicted octanol–water partition coefficient (Wildman–Crippen LogP) is 1.15. The molecule has 0 unspecified atom stereocenters. The molecule has 2 aromatic heterocycles. The molecule has 24 heavy (non-hydrogen) atoms. The summed E-state index contributed by atoms with van der Waals surface area (Å²) in [6.07, 6.45) is 4.27. The molecule has 7 heteroatoms. The molecule has 3 aromatic rings. The van der Waals surface area contributed by atoms with Crippen molar-refractivity contribution >= 4 is 0 Å². The molecule has 0 spiro atoms. The molecular weight excluding hydrogens is 304 g/mol. The van der Waals surface area contributed by atoms with Gasteiger partial charge in [0.05, 0.1) is 0 Å². The van der Waals surface area contributed by atoms with Crippen LogP contribution in [-0.4, -0.2) is 29.1 Å². The Morgan fingerprint density at radius 1 is 1.25 bits per heavy atom. The van der Waals surface area contributed by atoms with Crippen molar-refractivity contribution in [2.75, 3.05) is 0 Å². The Balaban J connectivity index is 1.53. The Bertz CT molecular complexity index is 891. The standard InChI is InChI=1S/C17H20N6O/c1-21-17(24)22-11-14(7-8-15(22)20-21)16-18-12-19-23(16)10-9-13-5-3-2-4-6-13/h2-6,12,14H,7-11H2,1H3/t14-/m1/s1. The Morgan fingerprint density at radius 2 is 2.08 bits per heavy atom. The number of benzene rings is 1. The summed E-state index contributed by atoms with van der Waals surface area (Å²) in [5.74, 6) is 2.04. The summed E-state index contributed by atoms with van der Waals surface area (Å²) >= 11 is 0. The van der Waals surface area contributed by atoms with Gasteiger partial charge in [0.2, 0.25) is 0 Å². The van der Waals surface area contributed by atoms with Crippen molar-refractivity contribution in [2.45, 2.75) is 38.3 Å². The van der Waals surface area contributed by atoms with Crippen LogP contribution >= 0.6 is 0 Å². The largest absolute Gasteiger partial charge is 0.345 e. The van der Waals surface area contributed by atoms with Gasteiger partial charge in [-0.3, -0.25) is 4.57 Å². The van der Waals surface area contributed by atoms with Gasteiger partial charge >= 0.3 is 5.69 Å². The maximum absolute atomic E-state index is 12.1. The molecule has 1 aliphatic rings. The lowest BCUT2D eigenvalue weighted by Crippen LogP contribution is -2.30. The highest BCUT2D eigenvalue weighted by molar-refractivity contribution is 5.14. The average Bonchev–Trinajstić information content (AvgIpc) is 3.19. The van der Waals surface area contributed by atoms with E-state index in [0.29, 0.717) is 6.54 Å². The van der Waals surface area contributed by atoms with E-state index in [0.717, 1.165) is 37.5 Å². The van der Waals surface area contributed by atoms with Crippen molar-refractivity contribution in [1.29, 1.82) is 0 Å². The Kier molecular flexibility index (Phi) is 3.76. The summed E-state index contributed by atoms with van der Waals surface area (Å²) in [5.41, 5.74) is 1.23. The minimum absolute atomic E-state index is 0.0509. The number of aryl methyl sites for hydroxylation is 4. The molecule has 1 aliphatic heterocycles. The van der Waals surface area contributed by atoms with Crippen LogP contribution in [0.4, 0.5) is 0 Å². The fraction of sp³-hybridized carbons (Fsp3) is 0.412. The molecule has 124 valence electrons. The van der Waals surface area contributed by atoms with Crippen LogP contribution in [0.1, 0.15) is 29.6 Å². The van der Waals surface area contributed by atoms with Crippen molar-refractivity contribution in [3.05, 3.63) is 64.4 Å². The number of rotatable bonds is 4. The highest BCUT2D eigenvalue weighted by Crippen LogP contribution is 2.25. The minimum atomic E-state index is -0.0509. The molecule has 0 aliphatic carbocycles. The predicted molar refractivity (Wildman–Crippen MR) is 88.7 cm³/mol. The third-order valence-electron chi connectivity index (χ3n) is 4.67. The van der Waals surface area contributed by atoms with E-state index in [1.807, 2.05) is 10.7 Å². The first-order valence-corrected chi connectivity index (χ1v) is 8.26. The van der Waals surface area contributed by atoms with E-state index < -0.39 is 0 Å². The first-order valence-electron chi connectivity index (χ1n) is 8.26. The summed E-state index contributed by atoms with van der Waals surface area (Å²) in [6.45, 7) is 1.43. The van der Waals surface area contributed by atoms with Crippen LogP contribution in [0, 0.1) is 0 Å². The maximum atomic E-state index is 12.1. The van der Waals surface area contributed by atoms with Gasteiger partial charge in [-0.05, 0) is 18.4 Å². The van der Waals surface area contributed by atoms with E-state index in [1.165, 1.54) is 10.2 Å². The van der Waals surface area contributed by atoms with Crippen LogP contribution < -0.4 is 5.69 Å². The van der Waals surface area contributed by atoms with Crippen LogP contribution in [0.5, 0.6) is 0 Å². The van der Waals surface area contributed by atoms with Crippen LogP contribution in [0.2, 0.25) is 0 Å². The zero-order chi connectivity index (χ0) is 16.5. The zero-order valence-electron chi connectivity index (χ0n) is 13.7. The van der Waals surface area contributed by atoms with Crippen molar-refractivity contribution < 1.29 is 0 Å². The second-order valence-corrected chi connectivity index (χ2v) is 6.25. The molecule has 1 atom stereocenters. The van der Waals surface area contributed by atoms with E-state index in [1.54, 1.807) is 17.9 Å². The second-order valence-electron chi connectivity index (χ2n) is 6.25. The van der Waals surface area contributed by atoms with E-state index in [4.69, 9.17) is 0 Å². The molecule has 0 amide bonds. The first kappa shape index (κ1) is 14.9. The monoisotopic (exact) mass is 324 g/mol. The van der Waals surface area contributed by atoms with Crippen LogP contribution in [-0.2, 0) is 33.0 Å². The smallest absolute Gasteiger partial charge is 0.278 e. The van der Waals surface area contributed by atoms with Crippen LogP contribution in [0.3, 0.4) is 0 Å². The van der Waals surface area contributed by atoms with Crippen molar-refractivity contribution in [3.63, 3.8) is 0 Å². The summed E-state index contributed by atoms with van der Waals surface area (Å²) < 4.78 is 5.16. The third kappa shape index (κ3) is 2.66. The summed E-state index contributed by atoms with van der Waals surface area (Å²) in [4.78, 5) is 16.6. The van der Waals surface area contributed by atoms with Gasteiger partial charge in [-0.2, -0.15) is 10.2 Å². The third-order valence-corrected chi connectivity index (χ3v) is 4.67. The number of fused-ring (bicyclic) bond motifs is 1.